The van der Waals surface area contributed by atoms with Crippen molar-refractivity contribution in [1.29, 1.82) is 5.26 Å². The molecule has 0 bridgehead atoms. The topological polar surface area (TPSA) is 45.0 Å². The molecule has 1 aromatic carbocycles. The quantitative estimate of drug-likeness (QED) is 0.864. The van der Waals surface area contributed by atoms with Crippen molar-refractivity contribution >= 4 is 5.69 Å². The second-order valence-corrected chi connectivity index (χ2v) is 5.01. The fourth-order valence-electron chi connectivity index (χ4n) is 1.96. The molecule has 1 N–H and O–H groups in total. The minimum atomic E-state index is 0.353. The molecule has 0 heterocycles. The Kier molecular flexibility index (Phi) is 2.97. The molecule has 1 atom stereocenters. The van der Waals surface area contributed by atoms with E-state index in [-0.39, 0.29) is 0 Å². The number of nitriles is 1. The molecule has 1 aliphatic carbocycles. The first-order chi connectivity index (χ1) is 8.10. The van der Waals surface area contributed by atoms with E-state index in [4.69, 9.17) is 10.00 Å². The zero-order valence-electron chi connectivity index (χ0n) is 10.6. The number of nitrogens with zero attached hydrogens (tertiary/aromatic N) is 1. The lowest BCUT2D eigenvalue weighted by Crippen LogP contribution is -2.25. The number of anilines is 1. The number of nitrogens with one attached hydrogen (secondary N) is 1. The largest absolute Gasteiger partial charge is 0.495 e. The Bertz CT molecular complexity index is 458. The van der Waals surface area contributed by atoms with Crippen molar-refractivity contribution < 1.29 is 4.74 Å². The maximum Gasteiger partial charge on any atom is 0.143 e. The fraction of sp³-hybridized carbons (Fsp3) is 0.500. The molecule has 1 saturated carbocycles. The van der Waals surface area contributed by atoms with Gasteiger partial charge in [0, 0.05) is 6.04 Å². The van der Waals surface area contributed by atoms with Crippen LogP contribution in [0.1, 0.15) is 32.3 Å². The third-order valence-electron chi connectivity index (χ3n) is 3.81. The molecular formula is C14H18N2O. The monoisotopic (exact) mass is 230 g/mol. The summed E-state index contributed by atoms with van der Waals surface area (Å²) in [5.41, 5.74) is 1.83. The zero-order chi connectivity index (χ0) is 12.5. The van der Waals surface area contributed by atoms with Crippen molar-refractivity contribution in [3.63, 3.8) is 0 Å². The van der Waals surface area contributed by atoms with Crippen LogP contribution in [0.3, 0.4) is 0 Å². The van der Waals surface area contributed by atoms with Crippen LogP contribution in [0, 0.1) is 16.7 Å². The van der Waals surface area contributed by atoms with E-state index in [1.165, 1.54) is 12.8 Å². The number of rotatable bonds is 4. The standard InChI is InChI=1S/C14H18N2O/c1-10(14(2)7-8-14)16-13-11(9-15)5-4-6-12(13)17-3/h4-6,10,16H,7-8H2,1-3H3. The fourth-order valence-corrected chi connectivity index (χ4v) is 1.96. The average molecular weight is 230 g/mol. The first-order valence-electron chi connectivity index (χ1n) is 5.94. The lowest BCUT2D eigenvalue weighted by molar-refractivity contribution is 0.413. The Labute approximate surface area is 102 Å². The van der Waals surface area contributed by atoms with Crippen molar-refractivity contribution in [3.8, 4) is 11.8 Å². The van der Waals surface area contributed by atoms with Gasteiger partial charge < -0.3 is 10.1 Å². The maximum atomic E-state index is 9.12. The van der Waals surface area contributed by atoms with Crippen molar-refractivity contribution in [2.24, 2.45) is 5.41 Å². The summed E-state index contributed by atoms with van der Waals surface area (Å²) >= 11 is 0. The summed E-state index contributed by atoms with van der Waals surface area (Å²) in [7, 11) is 1.63. The molecule has 0 amide bonds. The van der Waals surface area contributed by atoms with E-state index >= 15 is 0 Å². The summed E-state index contributed by atoms with van der Waals surface area (Å²) in [6.45, 7) is 4.44. The lowest BCUT2D eigenvalue weighted by atomic mass is 10.00. The normalized spacial score (nSPS) is 18.0. The molecule has 17 heavy (non-hydrogen) atoms. The Hall–Kier alpha value is -1.69. The number of para-hydroxylation sites is 1. The molecule has 1 fully saturated rings. The van der Waals surface area contributed by atoms with E-state index in [2.05, 4.69) is 25.2 Å². The molecule has 0 radical (unpaired) electrons. The van der Waals surface area contributed by atoms with Gasteiger partial charge in [0.2, 0.25) is 0 Å². The van der Waals surface area contributed by atoms with Crippen LogP contribution in [0.15, 0.2) is 18.2 Å². The van der Waals surface area contributed by atoms with Crippen molar-refractivity contribution in [2.45, 2.75) is 32.7 Å². The predicted octanol–water partition coefficient (Wildman–Crippen LogP) is 3.17. The summed E-state index contributed by atoms with van der Waals surface area (Å²) < 4.78 is 5.31. The van der Waals surface area contributed by atoms with Gasteiger partial charge in [0.05, 0.1) is 18.4 Å². The van der Waals surface area contributed by atoms with Crippen molar-refractivity contribution in [2.75, 3.05) is 12.4 Å². The van der Waals surface area contributed by atoms with Crippen LogP contribution in [0.5, 0.6) is 5.75 Å². The number of hydrogen-bond donors (Lipinski definition) is 1. The van der Waals surface area contributed by atoms with Gasteiger partial charge in [-0.25, -0.2) is 0 Å². The summed E-state index contributed by atoms with van der Waals surface area (Å²) in [6.07, 6.45) is 2.50. The molecule has 0 saturated heterocycles. The highest BCUT2D eigenvalue weighted by Gasteiger charge is 2.42. The summed E-state index contributed by atoms with van der Waals surface area (Å²) in [4.78, 5) is 0. The Balaban J connectivity index is 2.27. The molecule has 0 aromatic heterocycles. The van der Waals surface area contributed by atoms with Gasteiger partial charge >= 0.3 is 0 Å². The predicted molar refractivity (Wildman–Crippen MR) is 68.1 cm³/mol. The molecule has 3 nitrogen and oxygen atoms in total. The number of benzene rings is 1. The molecule has 1 aliphatic rings. The maximum absolute atomic E-state index is 9.12. The Morgan fingerprint density at radius 3 is 2.71 bits per heavy atom. The van der Waals surface area contributed by atoms with Crippen LogP contribution in [0.2, 0.25) is 0 Å². The van der Waals surface area contributed by atoms with E-state index in [1.807, 2.05) is 18.2 Å². The second-order valence-electron chi connectivity index (χ2n) is 5.01. The highest BCUT2D eigenvalue weighted by Crippen LogP contribution is 2.49. The van der Waals surface area contributed by atoms with Gasteiger partial charge in [-0.15, -0.1) is 0 Å². The Morgan fingerprint density at radius 2 is 2.18 bits per heavy atom. The van der Waals surface area contributed by atoms with Crippen LogP contribution in [0.25, 0.3) is 0 Å². The molecular weight excluding hydrogens is 212 g/mol. The second kappa shape index (κ2) is 4.29. The van der Waals surface area contributed by atoms with Gasteiger partial charge in [0.1, 0.15) is 11.8 Å². The van der Waals surface area contributed by atoms with Gasteiger partial charge in [-0.1, -0.05) is 13.0 Å². The van der Waals surface area contributed by atoms with E-state index < -0.39 is 0 Å². The minimum absolute atomic E-state index is 0.353. The zero-order valence-corrected chi connectivity index (χ0v) is 10.6. The van der Waals surface area contributed by atoms with Crippen molar-refractivity contribution in [1.82, 2.24) is 0 Å². The summed E-state index contributed by atoms with van der Waals surface area (Å²) in [5, 5.41) is 12.6. The number of hydrogen-bond acceptors (Lipinski definition) is 3. The SMILES string of the molecule is COc1cccc(C#N)c1NC(C)C1(C)CC1. The number of ether oxygens (including phenoxy) is 1. The minimum Gasteiger partial charge on any atom is -0.495 e. The van der Waals surface area contributed by atoms with Crippen LogP contribution in [-0.2, 0) is 0 Å². The summed E-state index contributed by atoms with van der Waals surface area (Å²) in [5.74, 6) is 0.736. The first-order valence-corrected chi connectivity index (χ1v) is 5.94. The van der Waals surface area contributed by atoms with Gasteiger partial charge in [0.15, 0.2) is 0 Å². The van der Waals surface area contributed by atoms with Crippen LogP contribution >= 0.6 is 0 Å². The van der Waals surface area contributed by atoms with Crippen LogP contribution < -0.4 is 10.1 Å². The van der Waals surface area contributed by atoms with E-state index in [1.54, 1.807) is 7.11 Å². The lowest BCUT2D eigenvalue weighted by Gasteiger charge is -2.23. The Morgan fingerprint density at radius 1 is 1.47 bits per heavy atom. The van der Waals surface area contributed by atoms with Gasteiger partial charge in [-0.05, 0) is 37.3 Å². The third kappa shape index (κ3) is 2.21. The number of methoxy groups -OCH3 is 1. The van der Waals surface area contributed by atoms with Gasteiger partial charge in [-0.3, -0.25) is 0 Å². The molecule has 1 aromatic rings. The molecule has 0 aliphatic heterocycles. The first kappa shape index (κ1) is 11.8. The van der Waals surface area contributed by atoms with Crippen molar-refractivity contribution in [3.05, 3.63) is 23.8 Å². The van der Waals surface area contributed by atoms with Crippen LogP contribution in [0.4, 0.5) is 5.69 Å². The van der Waals surface area contributed by atoms with E-state index in [0.29, 0.717) is 17.0 Å². The third-order valence-corrected chi connectivity index (χ3v) is 3.81. The molecule has 0 spiro atoms. The highest BCUT2D eigenvalue weighted by atomic mass is 16.5. The van der Waals surface area contributed by atoms with Gasteiger partial charge in [0.25, 0.3) is 0 Å². The van der Waals surface area contributed by atoms with Crippen LogP contribution in [-0.4, -0.2) is 13.2 Å². The average Bonchev–Trinajstić information content (AvgIpc) is 3.09. The molecule has 3 heteroatoms. The molecule has 2 rings (SSSR count). The smallest absolute Gasteiger partial charge is 0.143 e. The highest BCUT2D eigenvalue weighted by molar-refractivity contribution is 5.66. The van der Waals surface area contributed by atoms with Gasteiger partial charge in [-0.2, -0.15) is 5.26 Å². The molecule has 1 unspecified atom stereocenters. The summed E-state index contributed by atoms with van der Waals surface area (Å²) in [6, 6.07) is 8.09. The van der Waals surface area contributed by atoms with E-state index in [9.17, 15) is 0 Å². The van der Waals surface area contributed by atoms with E-state index in [0.717, 1.165) is 11.4 Å². The molecule has 90 valence electrons.